The van der Waals surface area contributed by atoms with Gasteiger partial charge in [-0.05, 0) is 94.2 Å². The summed E-state index contributed by atoms with van der Waals surface area (Å²) in [5.74, 6) is 6.06. The molecule has 2 radical (unpaired) electrons. The predicted molar refractivity (Wildman–Crippen MR) is 212 cm³/mol. The molecule has 0 aliphatic carbocycles. The molecule has 0 saturated carbocycles. The molecule has 3 atom stereocenters. The number of aromatic nitrogens is 3. The van der Waals surface area contributed by atoms with E-state index < -0.39 is 17.6 Å². The van der Waals surface area contributed by atoms with Crippen molar-refractivity contribution in [2.45, 2.75) is 105 Å². The maximum atomic E-state index is 13.7. The van der Waals surface area contributed by atoms with Crippen molar-refractivity contribution in [1.82, 2.24) is 25.4 Å². The minimum absolute atomic E-state index is 0.0467. The van der Waals surface area contributed by atoms with Gasteiger partial charge in [-0.1, -0.05) is 50.0 Å². The maximum absolute atomic E-state index is 13.7. The summed E-state index contributed by atoms with van der Waals surface area (Å²) in [7, 11) is 6.18. The quantitative estimate of drug-likeness (QED) is 0.0649. The molecule has 3 aromatic rings. The lowest BCUT2D eigenvalue weighted by atomic mass is 9.98. The molecule has 3 unspecified atom stereocenters. The van der Waals surface area contributed by atoms with Gasteiger partial charge in [-0.2, -0.15) is 13.2 Å². The van der Waals surface area contributed by atoms with Crippen molar-refractivity contribution in [2.75, 3.05) is 11.4 Å². The fraction of sp³-hybridized carbons (Fsp3) is 0.487. The highest BCUT2D eigenvalue weighted by atomic mass is 32.1. The third kappa shape index (κ3) is 17.1. The summed E-state index contributed by atoms with van der Waals surface area (Å²) in [6.07, 6.45) is 1.97. The van der Waals surface area contributed by atoms with Crippen LogP contribution in [0.15, 0.2) is 60.9 Å². The molecule has 53 heavy (non-hydrogen) atoms. The number of alkyl halides is 3. The number of rotatable bonds is 13. The van der Waals surface area contributed by atoms with Crippen molar-refractivity contribution in [3.63, 3.8) is 0 Å². The highest BCUT2D eigenvalue weighted by molar-refractivity contribution is 8.03. The number of hydrogen-bond donors (Lipinski definition) is 4. The van der Waals surface area contributed by atoms with Crippen molar-refractivity contribution in [3.05, 3.63) is 89.0 Å². The molecular formula is C39H55BF3N7O2S. The first kappa shape index (κ1) is 47.0. The van der Waals surface area contributed by atoms with E-state index in [2.05, 4.69) is 72.7 Å². The molecule has 1 aliphatic heterocycles. The third-order valence-electron chi connectivity index (χ3n) is 8.29. The van der Waals surface area contributed by atoms with E-state index in [1.807, 2.05) is 32.4 Å². The zero-order valence-electron chi connectivity index (χ0n) is 32.1. The van der Waals surface area contributed by atoms with Crippen molar-refractivity contribution >= 4 is 37.1 Å². The minimum atomic E-state index is -4.52. The number of fused-ring (bicyclic) bond motifs is 1. The number of carbonyl (C=O) groups is 2. The van der Waals surface area contributed by atoms with Gasteiger partial charge in [-0.25, -0.2) is 12.5 Å². The van der Waals surface area contributed by atoms with E-state index in [-0.39, 0.29) is 42.2 Å². The Kier molecular flexibility index (Phi) is 21.5. The molecule has 2 aromatic carbocycles. The normalized spacial score (nSPS) is 13.3. The van der Waals surface area contributed by atoms with E-state index in [0.717, 1.165) is 37.1 Å². The second kappa shape index (κ2) is 24.3. The van der Waals surface area contributed by atoms with Gasteiger partial charge in [0.25, 0.3) is 11.8 Å². The lowest BCUT2D eigenvalue weighted by Crippen LogP contribution is -2.27. The molecule has 2 amide bonds. The monoisotopic (exact) mass is 753 g/mol. The molecule has 14 heteroatoms. The van der Waals surface area contributed by atoms with Crippen LogP contribution in [0.3, 0.4) is 0 Å². The lowest BCUT2D eigenvalue weighted by molar-refractivity contribution is -0.138. The molecule has 4 N–H and O–H groups in total. The van der Waals surface area contributed by atoms with E-state index in [0.29, 0.717) is 23.7 Å². The average molecular weight is 754 g/mol. The number of thiol groups is 1. The van der Waals surface area contributed by atoms with E-state index >= 15 is 0 Å². The summed E-state index contributed by atoms with van der Waals surface area (Å²) in [5.41, 5.74) is 7.04. The summed E-state index contributed by atoms with van der Waals surface area (Å²) in [5, 5.41) is 13.7. The Labute approximate surface area is 320 Å². The fourth-order valence-corrected chi connectivity index (χ4v) is 5.02. The Morgan fingerprint density at radius 3 is 2.34 bits per heavy atom. The van der Waals surface area contributed by atoms with Crippen LogP contribution in [0.4, 0.5) is 18.9 Å². The third-order valence-corrected chi connectivity index (χ3v) is 8.29. The Balaban J connectivity index is 0.000000480. The molecule has 2 heterocycles. The van der Waals surface area contributed by atoms with Gasteiger partial charge in [0.1, 0.15) is 12.2 Å². The van der Waals surface area contributed by atoms with Crippen molar-refractivity contribution in [2.24, 2.45) is 18.7 Å². The summed E-state index contributed by atoms with van der Waals surface area (Å²) in [6, 6.07) is 11.8. The average Bonchev–Trinajstić information content (AvgIpc) is 3.68. The molecule has 1 aliphatic rings. The SMILES string of the molecule is C=C(C)CCC(C)NCc1cc2c(c(C(F)(F)F)c1)CN(c1ccccc1)C2=O.CC#CC(=O)NCCC(C)N.CCC(C)Cc1nncn1C.[B]S. The number of anilines is 1. The standard InChI is InChI=1S/C23H25F3N2O.C8H15N3.C8H14N2O.BHS/c1-15(2)9-10-16(3)27-13-17-11-19-20(21(12-17)23(24,25)26)14-28(22(19)29)18-7-5-4-6-8-18;1-4-7(2)5-8-10-9-6-11(8)3;1-3-4-8(11)10-6-5-7(2)9;1-2/h4-8,11-12,16,27H,1,9-10,13-14H2,2-3H3;6-7H,4-5H2,1-3H3;7H,5-6,9H2,1-2H3,(H,10,11);2H. The van der Waals surface area contributed by atoms with E-state index in [1.54, 1.807) is 49.6 Å². The molecule has 0 spiro atoms. The minimum Gasteiger partial charge on any atom is -0.345 e. The highest BCUT2D eigenvalue weighted by Crippen LogP contribution is 2.39. The number of nitrogens with two attached hydrogens (primary N) is 1. The first-order valence-corrected chi connectivity index (χ1v) is 18.1. The summed E-state index contributed by atoms with van der Waals surface area (Å²) >= 11 is 3.03. The zero-order chi connectivity index (χ0) is 40.1. The smallest absolute Gasteiger partial charge is 0.345 e. The number of halogens is 3. The topological polar surface area (TPSA) is 118 Å². The summed E-state index contributed by atoms with van der Waals surface area (Å²) < 4.78 is 43.2. The second-order valence-electron chi connectivity index (χ2n) is 13.1. The number of amides is 2. The van der Waals surface area contributed by atoms with Crippen LogP contribution in [0.2, 0.25) is 0 Å². The second-order valence-corrected chi connectivity index (χ2v) is 13.1. The number of para-hydroxylation sites is 1. The Morgan fingerprint density at radius 1 is 1.15 bits per heavy atom. The van der Waals surface area contributed by atoms with Crippen LogP contribution in [0, 0.1) is 17.8 Å². The van der Waals surface area contributed by atoms with Crippen LogP contribution in [-0.4, -0.2) is 52.3 Å². The summed E-state index contributed by atoms with van der Waals surface area (Å²) in [6.45, 7) is 16.6. The van der Waals surface area contributed by atoms with Gasteiger partial charge in [-0.3, -0.25) is 9.59 Å². The molecule has 0 saturated heterocycles. The fourth-order valence-electron chi connectivity index (χ4n) is 5.02. The number of aryl methyl sites for hydroxylation is 1. The van der Waals surface area contributed by atoms with Crippen molar-refractivity contribution in [1.29, 1.82) is 0 Å². The van der Waals surface area contributed by atoms with Gasteiger partial charge in [-0.15, -0.1) is 16.8 Å². The number of nitrogens with one attached hydrogen (secondary N) is 2. The molecule has 0 fully saturated rings. The van der Waals surface area contributed by atoms with Gasteiger partial charge in [0.15, 0.2) is 7.12 Å². The number of benzene rings is 2. The van der Waals surface area contributed by atoms with Crippen molar-refractivity contribution < 1.29 is 22.8 Å². The number of hydrogen-bond acceptors (Lipinski definition) is 7. The molecule has 1 aromatic heterocycles. The van der Waals surface area contributed by atoms with Gasteiger partial charge in [0.2, 0.25) is 0 Å². The van der Waals surface area contributed by atoms with E-state index in [9.17, 15) is 22.8 Å². The molecule has 4 rings (SSSR count). The first-order valence-electron chi connectivity index (χ1n) is 17.6. The Bertz CT molecular complexity index is 1640. The van der Waals surface area contributed by atoms with Gasteiger partial charge >= 0.3 is 6.18 Å². The van der Waals surface area contributed by atoms with Crippen LogP contribution in [0.1, 0.15) is 100 Å². The van der Waals surface area contributed by atoms with Crippen LogP contribution in [-0.2, 0) is 37.5 Å². The van der Waals surface area contributed by atoms with E-state index in [4.69, 9.17) is 5.73 Å². The van der Waals surface area contributed by atoms with Gasteiger partial charge in [0.05, 0.1) is 12.1 Å². The largest absolute Gasteiger partial charge is 0.416 e. The predicted octanol–water partition coefficient (Wildman–Crippen LogP) is 6.97. The van der Waals surface area contributed by atoms with Crippen LogP contribution >= 0.6 is 12.5 Å². The molecular weight excluding hydrogens is 698 g/mol. The van der Waals surface area contributed by atoms with E-state index in [1.165, 1.54) is 17.4 Å². The zero-order valence-corrected chi connectivity index (χ0v) is 33.0. The maximum Gasteiger partial charge on any atom is 0.416 e. The van der Waals surface area contributed by atoms with Gasteiger partial charge in [0, 0.05) is 49.9 Å². The molecule has 9 nitrogen and oxygen atoms in total. The number of allylic oxidation sites excluding steroid dienone is 1. The van der Waals surface area contributed by atoms with Crippen molar-refractivity contribution in [3.8, 4) is 11.8 Å². The number of carbonyl (C=O) groups excluding carboxylic acids is 2. The first-order chi connectivity index (χ1) is 25.1. The molecule has 0 bridgehead atoms. The van der Waals surface area contributed by atoms with Crippen LogP contribution < -0.4 is 21.3 Å². The Hall–Kier alpha value is -4.06. The Morgan fingerprint density at radius 2 is 1.81 bits per heavy atom. The highest BCUT2D eigenvalue weighted by Gasteiger charge is 2.40. The van der Waals surface area contributed by atoms with Crippen LogP contribution in [0.5, 0.6) is 0 Å². The molecule has 288 valence electrons. The number of nitrogens with zero attached hydrogens (tertiary/aromatic N) is 4. The van der Waals surface area contributed by atoms with Crippen LogP contribution in [0.25, 0.3) is 0 Å². The summed E-state index contributed by atoms with van der Waals surface area (Å²) in [4.78, 5) is 25.0. The van der Waals surface area contributed by atoms with Gasteiger partial charge < -0.3 is 25.8 Å². The lowest BCUT2D eigenvalue weighted by Gasteiger charge is -2.17.